The van der Waals surface area contributed by atoms with E-state index in [2.05, 4.69) is 51.8 Å². The molecule has 10 heteroatoms. The molecule has 2 amide bonds. The van der Waals surface area contributed by atoms with Gasteiger partial charge < -0.3 is 9.47 Å². The first kappa shape index (κ1) is 30.0. The van der Waals surface area contributed by atoms with Gasteiger partial charge in [-0.05, 0) is 110 Å². The molecule has 0 atom stereocenters. The topological polar surface area (TPSA) is 55.8 Å². The number of amides is 2. The van der Waals surface area contributed by atoms with E-state index in [0.717, 1.165) is 39.8 Å². The average Bonchev–Trinajstić information content (AvgIpc) is 3.11. The summed E-state index contributed by atoms with van der Waals surface area (Å²) in [4.78, 5) is 27.2. The smallest absolute Gasteiger partial charge is 0.293 e. The maximum absolute atomic E-state index is 13.0. The molecular weight excluding hydrogens is 689 g/mol. The lowest BCUT2D eigenvalue weighted by atomic mass is 10.0. The van der Waals surface area contributed by atoms with Gasteiger partial charge in [-0.25, -0.2) is 0 Å². The second-order valence-electron chi connectivity index (χ2n) is 9.22. The first-order valence-corrected chi connectivity index (χ1v) is 15.2. The Morgan fingerprint density at radius 2 is 1.72 bits per heavy atom. The van der Waals surface area contributed by atoms with E-state index in [9.17, 15) is 9.59 Å². The Kier molecular flexibility index (Phi) is 10.1. The van der Waals surface area contributed by atoms with E-state index in [1.54, 1.807) is 18.2 Å². The Labute approximate surface area is 259 Å². The molecule has 4 rings (SSSR count). The molecule has 3 aromatic carbocycles. The lowest BCUT2D eigenvalue weighted by Gasteiger charge is -2.17. The second-order valence-corrected chi connectivity index (χ2v) is 12.8. The van der Waals surface area contributed by atoms with Crippen LogP contribution < -0.4 is 9.47 Å². The predicted octanol–water partition coefficient (Wildman–Crippen LogP) is 9.64. The number of hydrogen-bond acceptors (Lipinski definition) is 5. The molecule has 1 saturated heterocycles. The molecule has 5 nitrogen and oxygen atoms in total. The molecule has 0 aliphatic carbocycles. The summed E-state index contributed by atoms with van der Waals surface area (Å²) in [5.74, 6) is 1.32. The number of rotatable bonds is 9. The Morgan fingerprint density at radius 3 is 2.38 bits per heavy atom. The fraction of sp³-hybridized carbons (Fsp3) is 0.241. The summed E-state index contributed by atoms with van der Waals surface area (Å²) >= 11 is 20.2. The van der Waals surface area contributed by atoms with Crippen LogP contribution in [0.25, 0.3) is 6.08 Å². The van der Waals surface area contributed by atoms with Crippen LogP contribution in [-0.2, 0) is 11.4 Å². The van der Waals surface area contributed by atoms with Gasteiger partial charge in [0.25, 0.3) is 11.1 Å². The van der Waals surface area contributed by atoms with Crippen LogP contribution in [0.15, 0.2) is 62.4 Å². The van der Waals surface area contributed by atoms with Crippen LogP contribution in [0.4, 0.5) is 4.79 Å². The number of thioether (sulfide) groups is 1. The van der Waals surface area contributed by atoms with Gasteiger partial charge in [-0.3, -0.25) is 14.5 Å². The average molecular weight is 714 g/mol. The normalized spacial score (nSPS) is 14.6. The molecule has 1 aliphatic heterocycles. The van der Waals surface area contributed by atoms with Crippen LogP contribution in [0.3, 0.4) is 0 Å². The molecule has 0 spiro atoms. The molecule has 0 radical (unpaired) electrons. The number of aryl methyl sites for hydroxylation is 1. The molecule has 204 valence electrons. The van der Waals surface area contributed by atoms with Crippen molar-refractivity contribution in [3.05, 3.63) is 94.7 Å². The number of imide groups is 1. The Hall–Kier alpha value is -1.97. The molecule has 39 heavy (non-hydrogen) atoms. The maximum Gasteiger partial charge on any atom is 0.293 e. The summed E-state index contributed by atoms with van der Waals surface area (Å²) in [5, 5.41) is 0.756. The van der Waals surface area contributed by atoms with E-state index in [1.807, 2.05) is 37.3 Å². The van der Waals surface area contributed by atoms with Gasteiger partial charge in [0.2, 0.25) is 0 Å². The second kappa shape index (κ2) is 13.1. The molecular formula is C29H25Br2Cl2NO4S. The largest absolute Gasteiger partial charge is 0.491 e. The number of carbonyl (C=O) groups is 2. The van der Waals surface area contributed by atoms with Crippen LogP contribution in [0.1, 0.15) is 42.0 Å². The van der Waals surface area contributed by atoms with Crippen molar-refractivity contribution in [1.82, 2.24) is 4.90 Å². The third kappa shape index (κ3) is 7.41. The van der Waals surface area contributed by atoms with E-state index >= 15 is 0 Å². The summed E-state index contributed by atoms with van der Waals surface area (Å²) < 4.78 is 13.3. The van der Waals surface area contributed by atoms with Gasteiger partial charge in [0.1, 0.15) is 24.7 Å². The zero-order chi connectivity index (χ0) is 28.3. The highest BCUT2D eigenvalue weighted by atomic mass is 79.9. The van der Waals surface area contributed by atoms with E-state index in [1.165, 1.54) is 4.90 Å². The van der Waals surface area contributed by atoms with Crippen molar-refractivity contribution in [1.29, 1.82) is 0 Å². The van der Waals surface area contributed by atoms with Crippen molar-refractivity contribution in [3.8, 4) is 11.5 Å². The van der Waals surface area contributed by atoms with Gasteiger partial charge in [-0.15, -0.1) is 0 Å². The quantitative estimate of drug-likeness (QED) is 0.207. The standard InChI is InChI=1S/C29H25Br2Cl2NO4S/c1-16(2)21-7-4-17(3)10-25(21)37-9-8-34-28(35)26(39-29(34)36)13-18-11-22(30)27(23(31)12-18)38-15-19-5-6-20(32)14-24(19)33/h4-7,10-14,16H,8-9,15H2,1-3H3/b26-13-. The van der Waals surface area contributed by atoms with Gasteiger partial charge in [-0.1, -0.05) is 55.2 Å². The third-order valence-corrected chi connectivity index (χ3v) is 8.62. The first-order valence-electron chi connectivity index (χ1n) is 12.1. The minimum atomic E-state index is -0.341. The van der Waals surface area contributed by atoms with Gasteiger partial charge >= 0.3 is 0 Å². The zero-order valence-electron chi connectivity index (χ0n) is 21.4. The summed E-state index contributed by atoms with van der Waals surface area (Å²) in [6, 6.07) is 15.0. The first-order chi connectivity index (χ1) is 18.5. The maximum atomic E-state index is 13.0. The summed E-state index contributed by atoms with van der Waals surface area (Å²) in [6.45, 7) is 6.83. The summed E-state index contributed by atoms with van der Waals surface area (Å²) in [5.41, 5.74) is 3.71. The zero-order valence-corrected chi connectivity index (χ0v) is 26.9. The predicted molar refractivity (Wildman–Crippen MR) is 166 cm³/mol. The molecule has 3 aromatic rings. The Bertz CT molecular complexity index is 1440. The van der Waals surface area contributed by atoms with Gasteiger partial charge in [0.15, 0.2) is 0 Å². The highest BCUT2D eigenvalue weighted by molar-refractivity contribution is 9.11. The van der Waals surface area contributed by atoms with Gasteiger partial charge in [0.05, 0.1) is 20.4 Å². The molecule has 1 fully saturated rings. The molecule has 1 heterocycles. The molecule has 0 saturated carbocycles. The molecule has 0 unspecified atom stereocenters. The van der Waals surface area contributed by atoms with Crippen LogP contribution >= 0.6 is 66.8 Å². The Morgan fingerprint density at radius 1 is 1.00 bits per heavy atom. The molecule has 0 bridgehead atoms. The lowest BCUT2D eigenvalue weighted by molar-refractivity contribution is -0.123. The fourth-order valence-electron chi connectivity index (χ4n) is 3.92. The monoisotopic (exact) mass is 711 g/mol. The number of nitrogens with zero attached hydrogens (tertiary/aromatic N) is 1. The van der Waals surface area contributed by atoms with Gasteiger partial charge in [0, 0.05) is 15.6 Å². The van der Waals surface area contributed by atoms with Crippen molar-refractivity contribution < 1.29 is 19.1 Å². The minimum absolute atomic E-state index is 0.168. The minimum Gasteiger partial charge on any atom is -0.491 e. The van der Waals surface area contributed by atoms with Crippen molar-refractivity contribution >= 4 is 84.0 Å². The molecule has 0 aromatic heterocycles. The number of hydrogen-bond donors (Lipinski definition) is 0. The van der Waals surface area contributed by atoms with E-state index in [-0.39, 0.29) is 30.9 Å². The van der Waals surface area contributed by atoms with Crippen LogP contribution in [0.2, 0.25) is 10.0 Å². The molecule has 1 aliphatic rings. The molecule has 0 N–H and O–H groups in total. The van der Waals surface area contributed by atoms with Crippen LogP contribution in [0, 0.1) is 6.92 Å². The Balaban J connectivity index is 1.42. The van der Waals surface area contributed by atoms with E-state index in [4.69, 9.17) is 32.7 Å². The number of benzene rings is 3. The third-order valence-electron chi connectivity index (χ3n) is 5.94. The SMILES string of the molecule is Cc1ccc(C(C)C)c(OCCN2C(=O)S/C(=C\c3cc(Br)c(OCc4ccc(Cl)cc4Cl)c(Br)c3)C2=O)c1. The van der Waals surface area contributed by atoms with Crippen LogP contribution in [-0.4, -0.2) is 29.2 Å². The van der Waals surface area contributed by atoms with Crippen molar-refractivity contribution in [2.24, 2.45) is 0 Å². The number of ether oxygens (including phenoxy) is 2. The van der Waals surface area contributed by atoms with E-state index < -0.39 is 0 Å². The highest BCUT2D eigenvalue weighted by Gasteiger charge is 2.35. The number of halogens is 4. The fourth-order valence-corrected chi connectivity index (χ4v) is 6.70. The lowest BCUT2D eigenvalue weighted by Crippen LogP contribution is -2.32. The van der Waals surface area contributed by atoms with Crippen molar-refractivity contribution in [2.45, 2.75) is 33.3 Å². The highest BCUT2D eigenvalue weighted by Crippen LogP contribution is 2.38. The summed E-state index contributed by atoms with van der Waals surface area (Å²) in [7, 11) is 0. The van der Waals surface area contributed by atoms with Crippen LogP contribution in [0.5, 0.6) is 11.5 Å². The summed E-state index contributed by atoms with van der Waals surface area (Å²) in [6.07, 6.45) is 1.69. The van der Waals surface area contributed by atoms with Gasteiger partial charge in [-0.2, -0.15) is 0 Å². The number of carbonyl (C=O) groups excluding carboxylic acids is 2. The van der Waals surface area contributed by atoms with Crippen molar-refractivity contribution in [3.63, 3.8) is 0 Å². The van der Waals surface area contributed by atoms with Crippen molar-refractivity contribution in [2.75, 3.05) is 13.2 Å². The van der Waals surface area contributed by atoms with E-state index in [0.29, 0.717) is 35.6 Å².